The van der Waals surface area contributed by atoms with Crippen molar-refractivity contribution in [3.63, 3.8) is 0 Å². The van der Waals surface area contributed by atoms with E-state index in [0.29, 0.717) is 62.6 Å². The Kier molecular flexibility index (Phi) is 7.81. The molecule has 0 unspecified atom stereocenters. The lowest BCUT2D eigenvalue weighted by atomic mass is 9.96. The van der Waals surface area contributed by atoms with E-state index in [0.717, 1.165) is 5.56 Å². The normalized spacial score (nSPS) is 14.1. The van der Waals surface area contributed by atoms with Crippen LogP contribution in [-0.2, 0) is 20.7 Å². The molecule has 8 heteroatoms. The molecule has 0 aliphatic carbocycles. The van der Waals surface area contributed by atoms with Gasteiger partial charge in [0.15, 0.2) is 0 Å². The van der Waals surface area contributed by atoms with Crippen LogP contribution in [0.5, 0.6) is 11.5 Å². The molecule has 0 saturated carbocycles. The minimum absolute atomic E-state index is 0.00603. The van der Waals surface area contributed by atoms with Gasteiger partial charge in [-0.3, -0.25) is 14.9 Å². The third kappa shape index (κ3) is 6.06. The molecule has 3 rings (SSSR count). The molecule has 0 bridgehead atoms. The summed E-state index contributed by atoms with van der Waals surface area (Å²) in [4.78, 5) is 36.2. The number of nitro groups is 1. The number of benzene rings is 2. The molecule has 0 aromatic heterocycles. The second-order valence-corrected chi connectivity index (χ2v) is 7.87. The highest BCUT2D eigenvalue weighted by Gasteiger charge is 2.29. The minimum atomic E-state index is -0.402. The summed E-state index contributed by atoms with van der Waals surface area (Å²) in [6, 6.07) is 12.2. The second-order valence-electron chi connectivity index (χ2n) is 7.87. The molecule has 1 fully saturated rings. The number of aryl methyl sites for hydroxylation is 1. The number of rotatable bonds is 9. The Balaban J connectivity index is 1.72. The Morgan fingerprint density at radius 3 is 2.34 bits per heavy atom. The van der Waals surface area contributed by atoms with Crippen molar-refractivity contribution in [2.75, 3.05) is 24.6 Å². The quantitative estimate of drug-likeness (QED) is 0.317. The monoisotopic (exact) mass is 440 g/mol. The fraction of sp³-hybridized carbons (Fsp3) is 0.417. The number of esters is 1. The Hall–Kier alpha value is -3.42. The van der Waals surface area contributed by atoms with Gasteiger partial charge in [-0.05, 0) is 56.9 Å². The number of ether oxygens (including phenoxy) is 2. The highest BCUT2D eigenvalue weighted by molar-refractivity contribution is 5.75. The van der Waals surface area contributed by atoms with E-state index < -0.39 is 4.92 Å². The molecule has 8 nitrogen and oxygen atoms in total. The Bertz CT molecular complexity index is 965. The zero-order valence-corrected chi connectivity index (χ0v) is 18.4. The van der Waals surface area contributed by atoms with Crippen LogP contribution in [0.25, 0.3) is 0 Å². The van der Waals surface area contributed by atoms with Crippen molar-refractivity contribution < 1.29 is 24.0 Å². The van der Waals surface area contributed by atoms with Gasteiger partial charge in [-0.2, -0.15) is 0 Å². The maximum Gasteiger partial charge on any atom is 0.309 e. The van der Waals surface area contributed by atoms with Crippen molar-refractivity contribution in [2.45, 2.75) is 39.5 Å². The van der Waals surface area contributed by atoms with Crippen LogP contribution in [0, 0.1) is 16.0 Å². The number of nitro benzene ring substituents is 1. The molecular formula is C24H28N2O6. The van der Waals surface area contributed by atoms with Gasteiger partial charge in [-0.25, -0.2) is 0 Å². The van der Waals surface area contributed by atoms with E-state index in [1.54, 1.807) is 26.0 Å². The van der Waals surface area contributed by atoms with Gasteiger partial charge < -0.3 is 19.2 Å². The molecule has 1 aliphatic heterocycles. The first-order chi connectivity index (χ1) is 15.4. The SMILES string of the molecule is CCOC(=O)C1CCN(c2cc(Oc3ccc(CCC(C)=O)cc3)ccc2[N+](=O)[O-])CC1. The van der Waals surface area contributed by atoms with Gasteiger partial charge in [0.1, 0.15) is 23.0 Å². The number of anilines is 1. The van der Waals surface area contributed by atoms with Crippen molar-refractivity contribution in [1.29, 1.82) is 0 Å². The second kappa shape index (κ2) is 10.7. The summed E-state index contributed by atoms with van der Waals surface area (Å²) in [7, 11) is 0. The first-order valence-electron chi connectivity index (χ1n) is 10.8. The molecule has 0 amide bonds. The van der Waals surface area contributed by atoms with E-state index >= 15 is 0 Å². The minimum Gasteiger partial charge on any atom is -0.466 e. The fourth-order valence-corrected chi connectivity index (χ4v) is 3.77. The highest BCUT2D eigenvalue weighted by Crippen LogP contribution is 2.36. The number of hydrogen-bond donors (Lipinski definition) is 0. The van der Waals surface area contributed by atoms with Crippen molar-refractivity contribution in [3.8, 4) is 11.5 Å². The van der Waals surface area contributed by atoms with E-state index in [9.17, 15) is 19.7 Å². The number of ketones is 1. The molecule has 1 aliphatic rings. The van der Waals surface area contributed by atoms with E-state index in [4.69, 9.17) is 9.47 Å². The van der Waals surface area contributed by atoms with Crippen LogP contribution in [0.15, 0.2) is 42.5 Å². The van der Waals surface area contributed by atoms with Crippen LogP contribution < -0.4 is 9.64 Å². The molecule has 0 spiro atoms. The predicted octanol–water partition coefficient (Wildman–Crippen LogP) is 4.69. The van der Waals surface area contributed by atoms with Crippen molar-refractivity contribution in [2.24, 2.45) is 5.92 Å². The van der Waals surface area contributed by atoms with E-state index in [1.165, 1.54) is 6.07 Å². The molecule has 0 atom stereocenters. The Morgan fingerprint density at radius 2 is 1.75 bits per heavy atom. The number of nitrogens with zero attached hydrogens (tertiary/aromatic N) is 2. The standard InChI is InChI=1S/C24H28N2O6/c1-3-31-24(28)19-12-14-25(15-13-19)23-16-21(10-11-22(23)26(29)30)32-20-8-6-18(7-9-20)5-4-17(2)27/h6-11,16,19H,3-5,12-15H2,1-2H3. The summed E-state index contributed by atoms with van der Waals surface area (Å²) in [5, 5.41) is 11.6. The number of Topliss-reactive ketones (excluding diaryl/α,β-unsaturated/α-hetero) is 1. The van der Waals surface area contributed by atoms with Gasteiger partial charge in [0.25, 0.3) is 5.69 Å². The molecule has 2 aromatic rings. The van der Waals surface area contributed by atoms with Gasteiger partial charge >= 0.3 is 5.97 Å². The van der Waals surface area contributed by atoms with Crippen molar-refractivity contribution in [1.82, 2.24) is 0 Å². The summed E-state index contributed by atoms with van der Waals surface area (Å²) >= 11 is 0. The van der Waals surface area contributed by atoms with E-state index in [1.807, 2.05) is 29.2 Å². The van der Waals surface area contributed by atoms with Crippen LogP contribution in [0.4, 0.5) is 11.4 Å². The smallest absolute Gasteiger partial charge is 0.309 e. The zero-order chi connectivity index (χ0) is 23.1. The maximum absolute atomic E-state index is 12.0. The number of piperidine rings is 1. The third-order valence-electron chi connectivity index (χ3n) is 5.52. The van der Waals surface area contributed by atoms with Gasteiger partial charge in [0.2, 0.25) is 0 Å². The lowest BCUT2D eigenvalue weighted by Gasteiger charge is -2.32. The van der Waals surface area contributed by atoms with Gasteiger partial charge in [-0.15, -0.1) is 0 Å². The number of carbonyl (C=O) groups is 2. The predicted molar refractivity (Wildman–Crippen MR) is 120 cm³/mol. The number of hydrogen-bond acceptors (Lipinski definition) is 7. The lowest BCUT2D eigenvalue weighted by molar-refractivity contribution is -0.384. The molecule has 0 N–H and O–H groups in total. The fourth-order valence-electron chi connectivity index (χ4n) is 3.77. The van der Waals surface area contributed by atoms with Gasteiger partial charge in [0, 0.05) is 31.6 Å². The molecule has 1 heterocycles. The molecule has 32 heavy (non-hydrogen) atoms. The van der Waals surface area contributed by atoms with Gasteiger partial charge in [-0.1, -0.05) is 12.1 Å². The summed E-state index contributed by atoms with van der Waals surface area (Å²) in [5.74, 6) is 0.874. The first-order valence-corrected chi connectivity index (χ1v) is 10.8. The van der Waals surface area contributed by atoms with Crippen molar-refractivity contribution in [3.05, 3.63) is 58.1 Å². The zero-order valence-electron chi connectivity index (χ0n) is 18.4. The maximum atomic E-state index is 12.0. The molecule has 1 saturated heterocycles. The summed E-state index contributed by atoms with van der Waals surface area (Å²) < 4.78 is 11.0. The Morgan fingerprint density at radius 1 is 1.09 bits per heavy atom. The van der Waals surface area contributed by atoms with E-state index in [2.05, 4.69) is 0 Å². The van der Waals surface area contributed by atoms with Crippen LogP contribution >= 0.6 is 0 Å². The molecule has 170 valence electrons. The summed E-state index contributed by atoms with van der Waals surface area (Å²) in [5.41, 5.74) is 1.53. The largest absolute Gasteiger partial charge is 0.466 e. The lowest BCUT2D eigenvalue weighted by Crippen LogP contribution is -2.37. The first kappa shape index (κ1) is 23.2. The number of carbonyl (C=O) groups excluding carboxylic acids is 2. The Labute approximate surface area is 187 Å². The average Bonchev–Trinajstić information content (AvgIpc) is 2.78. The van der Waals surface area contributed by atoms with Crippen LogP contribution in [0.3, 0.4) is 0 Å². The summed E-state index contributed by atoms with van der Waals surface area (Å²) in [6.45, 7) is 4.75. The highest BCUT2D eigenvalue weighted by atomic mass is 16.6. The summed E-state index contributed by atoms with van der Waals surface area (Å²) in [6.07, 6.45) is 2.35. The topological polar surface area (TPSA) is 99.0 Å². The van der Waals surface area contributed by atoms with Crippen LogP contribution in [0.1, 0.15) is 38.7 Å². The molecular weight excluding hydrogens is 412 g/mol. The third-order valence-corrected chi connectivity index (χ3v) is 5.52. The van der Waals surface area contributed by atoms with Crippen LogP contribution in [-0.4, -0.2) is 36.4 Å². The molecule has 2 aromatic carbocycles. The van der Waals surface area contributed by atoms with Crippen molar-refractivity contribution >= 4 is 23.1 Å². The van der Waals surface area contributed by atoms with Gasteiger partial charge in [0.05, 0.1) is 17.4 Å². The molecule has 0 radical (unpaired) electrons. The average molecular weight is 440 g/mol. The van der Waals surface area contributed by atoms with Crippen LogP contribution in [0.2, 0.25) is 0 Å². The van der Waals surface area contributed by atoms with E-state index in [-0.39, 0.29) is 23.4 Å².